The van der Waals surface area contributed by atoms with E-state index in [0.29, 0.717) is 5.56 Å². The Morgan fingerprint density at radius 2 is 1.81 bits per heavy atom. The van der Waals surface area contributed by atoms with E-state index in [9.17, 15) is 14.5 Å². The van der Waals surface area contributed by atoms with Gasteiger partial charge < -0.3 is 10.5 Å². The molecule has 2 aromatic carbocycles. The molecule has 0 saturated heterocycles. The Morgan fingerprint density at radius 1 is 1.19 bits per heavy atom. The molecule has 2 N–H and O–H groups in total. The van der Waals surface area contributed by atoms with Crippen LogP contribution in [-0.4, -0.2) is 4.92 Å². The van der Waals surface area contributed by atoms with Crippen LogP contribution in [0.4, 0.5) is 10.1 Å². The molecule has 0 heterocycles. The number of benzene rings is 2. The predicted molar refractivity (Wildman–Crippen MR) is 77.5 cm³/mol. The van der Waals surface area contributed by atoms with E-state index in [0.717, 1.165) is 18.2 Å². The Bertz CT molecular complexity index is 687. The normalized spacial score (nSPS) is 10.5. The highest BCUT2D eigenvalue weighted by atomic mass is 35.5. The van der Waals surface area contributed by atoms with Crippen LogP contribution in [0.3, 0.4) is 0 Å². The molecule has 8 heteroatoms. The lowest BCUT2D eigenvalue weighted by atomic mass is 10.2. The van der Waals surface area contributed by atoms with Crippen LogP contribution in [0.2, 0.25) is 10.0 Å². The van der Waals surface area contributed by atoms with Crippen molar-refractivity contribution in [3.05, 3.63) is 61.9 Å². The highest BCUT2D eigenvalue weighted by Crippen LogP contribution is 2.39. The second kappa shape index (κ2) is 6.26. The van der Waals surface area contributed by atoms with Crippen LogP contribution in [0, 0.1) is 15.9 Å². The van der Waals surface area contributed by atoms with Gasteiger partial charge in [0, 0.05) is 24.7 Å². The third-order valence-corrected chi connectivity index (χ3v) is 3.14. The minimum Gasteiger partial charge on any atom is -0.454 e. The van der Waals surface area contributed by atoms with E-state index in [4.69, 9.17) is 33.7 Å². The first-order chi connectivity index (χ1) is 9.90. The monoisotopic (exact) mass is 330 g/mol. The molecular formula is C13H9Cl2FN2O3. The van der Waals surface area contributed by atoms with E-state index >= 15 is 0 Å². The summed E-state index contributed by atoms with van der Waals surface area (Å²) in [5, 5.41) is 10.6. The third kappa shape index (κ3) is 3.60. The molecule has 0 aliphatic rings. The molecule has 0 radical (unpaired) electrons. The highest BCUT2D eigenvalue weighted by molar-refractivity contribution is 6.37. The van der Waals surface area contributed by atoms with Gasteiger partial charge in [-0.1, -0.05) is 23.2 Å². The zero-order valence-corrected chi connectivity index (χ0v) is 12.0. The lowest BCUT2D eigenvalue weighted by Gasteiger charge is -2.10. The van der Waals surface area contributed by atoms with Crippen molar-refractivity contribution in [2.24, 2.45) is 5.73 Å². The van der Waals surface area contributed by atoms with Crippen molar-refractivity contribution >= 4 is 28.9 Å². The summed E-state index contributed by atoms with van der Waals surface area (Å²) in [7, 11) is 0. The summed E-state index contributed by atoms with van der Waals surface area (Å²) >= 11 is 11.8. The maximum absolute atomic E-state index is 13.4. The SMILES string of the molecule is NCc1cc(F)cc(Oc2c(Cl)cc([N+](=O)[O-])cc2Cl)c1. The Labute approximate surface area is 129 Å². The lowest BCUT2D eigenvalue weighted by Crippen LogP contribution is -1.98. The molecule has 0 spiro atoms. The standard InChI is InChI=1S/C13H9Cl2FN2O3/c14-11-4-9(18(19)20)5-12(15)13(11)21-10-2-7(6-17)1-8(16)3-10/h1-5H,6,17H2. The number of nitro groups is 1. The van der Waals surface area contributed by atoms with E-state index < -0.39 is 10.7 Å². The summed E-state index contributed by atoms with van der Waals surface area (Å²) < 4.78 is 18.8. The van der Waals surface area contributed by atoms with Gasteiger partial charge in [-0.3, -0.25) is 10.1 Å². The van der Waals surface area contributed by atoms with Crippen LogP contribution in [0.25, 0.3) is 0 Å². The fourth-order valence-electron chi connectivity index (χ4n) is 1.66. The van der Waals surface area contributed by atoms with Gasteiger partial charge in [0.05, 0.1) is 15.0 Å². The molecule has 0 aliphatic carbocycles. The van der Waals surface area contributed by atoms with E-state index in [1.165, 1.54) is 12.1 Å². The van der Waals surface area contributed by atoms with Crippen molar-refractivity contribution in [3.63, 3.8) is 0 Å². The maximum Gasteiger partial charge on any atom is 0.272 e. The Balaban J connectivity index is 2.40. The molecule has 2 rings (SSSR count). The second-order valence-corrected chi connectivity index (χ2v) is 4.91. The van der Waals surface area contributed by atoms with Gasteiger partial charge in [0.1, 0.15) is 11.6 Å². The number of hydrogen-bond donors (Lipinski definition) is 1. The van der Waals surface area contributed by atoms with Gasteiger partial charge >= 0.3 is 0 Å². The number of nitrogens with two attached hydrogens (primary N) is 1. The largest absolute Gasteiger partial charge is 0.454 e. The van der Waals surface area contributed by atoms with Crippen molar-refractivity contribution in [3.8, 4) is 11.5 Å². The number of rotatable bonds is 4. The van der Waals surface area contributed by atoms with Crippen molar-refractivity contribution in [1.29, 1.82) is 0 Å². The predicted octanol–water partition coefficient (Wildman–Crippen LogP) is 4.29. The molecular weight excluding hydrogens is 322 g/mol. The molecule has 0 aromatic heterocycles. The molecule has 110 valence electrons. The second-order valence-electron chi connectivity index (χ2n) is 4.10. The van der Waals surface area contributed by atoms with Gasteiger partial charge in [-0.05, 0) is 17.7 Å². The van der Waals surface area contributed by atoms with Gasteiger partial charge in [0.15, 0.2) is 5.75 Å². The molecule has 0 amide bonds. The summed E-state index contributed by atoms with van der Waals surface area (Å²) in [6, 6.07) is 6.13. The first-order valence-corrected chi connectivity index (χ1v) is 6.47. The average Bonchev–Trinajstić information content (AvgIpc) is 2.41. The Kier molecular flexibility index (Phi) is 4.62. The van der Waals surface area contributed by atoms with Crippen LogP contribution < -0.4 is 10.5 Å². The average molecular weight is 331 g/mol. The number of nitro benzene ring substituents is 1. The van der Waals surface area contributed by atoms with Gasteiger partial charge in [-0.15, -0.1) is 0 Å². The van der Waals surface area contributed by atoms with Crippen LogP contribution in [0.1, 0.15) is 5.56 Å². The summed E-state index contributed by atoms with van der Waals surface area (Å²) in [6.07, 6.45) is 0. The summed E-state index contributed by atoms with van der Waals surface area (Å²) in [4.78, 5) is 10.1. The van der Waals surface area contributed by atoms with Crippen molar-refractivity contribution in [2.75, 3.05) is 0 Å². The van der Waals surface area contributed by atoms with Crippen molar-refractivity contribution < 1.29 is 14.1 Å². The molecule has 21 heavy (non-hydrogen) atoms. The number of non-ortho nitro benzene ring substituents is 1. The lowest BCUT2D eigenvalue weighted by molar-refractivity contribution is -0.384. The minimum absolute atomic E-state index is 0.0116. The Morgan fingerprint density at radius 3 is 2.33 bits per heavy atom. The van der Waals surface area contributed by atoms with Gasteiger partial charge in [0.2, 0.25) is 0 Å². The van der Waals surface area contributed by atoms with E-state index in [1.54, 1.807) is 0 Å². The van der Waals surface area contributed by atoms with Gasteiger partial charge in [-0.2, -0.15) is 0 Å². The zero-order chi connectivity index (χ0) is 15.6. The molecule has 0 aliphatic heterocycles. The Hall–Kier alpha value is -1.89. The van der Waals surface area contributed by atoms with Gasteiger partial charge in [-0.25, -0.2) is 4.39 Å². The van der Waals surface area contributed by atoms with E-state index in [1.807, 2.05) is 0 Å². The molecule has 0 atom stereocenters. The molecule has 0 unspecified atom stereocenters. The van der Waals surface area contributed by atoms with E-state index in [-0.39, 0.29) is 33.8 Å². The zero-order valence-electron chi connectivity index (χ0n) is 10.5. The molecule has 0 bridgehead atoms. The minimum atomic E-state index is -0.629. The first-order valence-electron chi connectivity index (χ1n) is 5.71. The fourth-order valence-corrected chi connectivity index (χ4v) is 2.22. The molecule has 5 nitrogen and oxygen atoms in total. The first kappa shape index (κ1) is 15.5. The quantitative estimate of drug-likeness (QED) is 0.669. The highest BCUT2D eigenvalue weighted by Gasteiger charge is 2.16. The van der Waals surface area contributed by atoms with Crippen LogP contribution in [-0.2, 0) is 6.54 Å². The van der Waals surface area contributed by atoms with Crippen molar-refractivity contribution in [2.45, 2.75) is 6.54 Å². The fraction of sp³-hybridized carbons (Fsp3) is 0.0769. The summed E-state index contributed by atoms with van der Waals surface area (Å²) in [5.41, 5.74) is 5.71. The van der Waals surface area contributed by atoms with Gasteiger partial charge in [0.25, 0.3) is 5.69 Å². The number of hydrogen-bond acceptors (Lipinski definition) is 4. The molecule has 2 aromatic rings. The van der Waals surface area contributed by atoms with Crippen LogP contribution in [0.5, 0.6) is 11.5 Å². The number of halogens is 3. The molecule has 0 saturated carbocycles. The van der Waals surface area contributed by atoms with E-state index in [2.05, 4.69) is 0 Å². The topological polar surface area (TPSA) is 78.4 Å². The number of ether oxygens (including phenoxy) is 1. The third-order valence-electron chi connectivity index (χ3n) is 2.58. The van der Waals surface area contributed by atoms with Crippen molar-refractivity contribution in [1.82, 2.24) is 0 Å². The van der Waals surface area contributed by atoms with Crippen LogP contribution in [0.15, 0.2) is 30.3 Å². The van der Waals surface area contributed by atoms with Crippen LogP contribution >= 0.6 is 23.2 Å². The summed E-state index contributed by atoms with van der Waals surface area (Å²) in [5.74, 6) is -0.368. The number of nitrogens with zero attached hydrogens (tertiary/aromatic N) is 1. The smallest absolute Gasteiger partial charge is 0.272 e. The molecule has 0 fully saturated rings. The summed E-state index contributed by atoms with van der Waals surface area (Å²) in [6.45, 7) is 0.135. The maximum atomic E-state index is 13.4.